The molecular formula is C16H28IN5O3. The molecule has 1 saturated heterocycles. The molecule has 2 rings (SSSR count). The summed E-state index contributed by atoms with van der Waals surface area (Å²) in [6.45, 7) is 9.53. The number of esters is 1. The van der Waals surface area contributed by atoms with Crippen LogP contribution in [0.2, 0.25) is 0 Å². The highest BCUT2D eigenvalue weighted by molar-refractivity contribution is 14.0. The summed E-state index contributed by atoms with van der Waals surface area (Å²) in [7, 11) is 1.40. The number of nitrogens with zero attached hydrogens (tertiary/aromatic N) is 4. The molecule has 1 aromatic heterocycles. The summed E-state index contributed by atoms with van der Waals surface area (Å²) in [5.41, 5.74) is 0.955. The number of hydrogen-bond acceptors (Lipinski definition) is 6. The van der Waals surface area contributed by atoms with Crippen molar-refractivity contribution in [1.82, 2.24) is 20.3 Å². The van der Waals surface area contributed by atoms with Crippen molar-refractivity contribution in [3.05, 3.63) is 18.0 Å². The molecule has 1 atom stereocenters. The molecule has 1 aliphatic heterocycles. The maximum absolute atomic E-state index is 11.5. The molecule has 9 heteroatoms. The van der Waals surface area contributed by atoms with Crippen LogP contribution in [0.1, 0.15) is 19.5 Å². The van der Waals surface area contributed by atoms with Gasteiger partial charge in [0.15, 0.2) is 5.96 Å². The van der Waals surface area contributed by atoms with Gasteiger partial charge in [0.05, 0.1) is 25.3 Å². The number of aliphatic imine (C=N–C) groups is 1. The van der Waals surface area contributed by atoms with Gasteiger partial charge in [0.25, 0.3) is 0 Å². The Morgan fingerprint density at radius 1 is 1.44 bits per heavy atom. The molecule has 0 amide bonds. The maximum atomic E-state index is 11.5. The number of nitrogens with one attached hydrogen (secondary N) is 1. The summed E-state index contributed by atoms with van der Waals surface area (Å²) >= 11 is 0. The third-order valence-corrected chi connectivity index (χ3v) is 4.00. The summed E-state index contributed by atoms with van der Waals surface area (Å²) in [4.78, 5) is 20.7. The monoisotopic (exact) mass is 465 g/mol. The van der Waals surface area contributed by atoms with Crippen LogP contribution in [0.25, 0.3) is 0 Å². The molecule has 1 aliphatic rings. The Labute approximate surface area is 166 Å². The maximum Gasteiger partial charge on any atom is 0.310 e. The van der Waals surface area contributed by atoms with Crippen LogP contribution in [0.4, 0.5) is 0 Å². The lowest BCUT2D eigenvalue weighted by atomic mass is 10.2. The van der Waals surface area contributed by atoms with Gasteiger partial charge in [-0.1, -0.05) is 12.1 Å². The number of hydrogen-bond donors (Lipinski definition) is 1. The van der Waals surface area contributed by atoms with Crippen molar-refractivity contribution in [2.45, 2.75) is 20.4 Å². The molecule has 25 heavy (non-hydrogen) atoms. The van der Waals surface area contributed by atoms with E-state index in [1.807, 2.05) is 19.9 Å². The highest BCUT2D eigenvalue weighted by atomic mass is 127. The van der Waals surface area contributed by atoms with Gasteiger partial charge < -0.3 is 19.5 Å². The first-order valence-electron chi connectivity index (χ1n) is 8.36. The van der Waals surface area contributed by atoms with Gasteiger partial charge in [-0.2, -0.15) is 0 Å². The Bertz CT molecular complexity index is 530. The number of piperazine rings is 1. The van der Waals surface area contributed by atoms with Crippen LogP contribution >= 0.6 is 24.0 Å². The topological polar surface area (TPSA) is 83.2 Å². The van der Waals surface area contributed by atoms with E-state index in [9.17, 15) is 4.79 Å². The van der Waals surface area contributed by atoms with E-state index >= 15 is 0 Å². The van der Waals surface area contributed by atoms with Gasteiger partial charge in [0.1, 0.15) is 6.26 Å². The fraction of sp³-hybridized carbons (Fsp3) is 0.688. The molecule has 142 valence electrons. The Kier molecular flexibility index (Phi) is 9.79. The first-order valence-corrected chi connectivity index (χ1v) is 8.36. The number of ether oxygens (including phenoxy) is 1. The molecule has 1 unspecified atom stereocenters. The normalized spacial score (nSPS) is 16.9. The third-order valence-electron chi connectivity index (χ3n) is 4.00. The minimum absolute atomic E-state index is 0. The smallest absolute Gasteiger partial charge is 0.310 e. The number of guanidine groups is 1. The number of halogens is 1. The van der Waals surface area contributed by atoms with Crippen molar-refractivity contribution >= 4 is 35.9 Å². The molecule has 1 N–H and O–H groups in total. The summed E-state index contributed by atoms with van der Waals surface area (Å²) in [6.07, 6.45) is 1.60. The zero-order valence-corrected chi connectivity index (χ0v) is 17.4. The lowest BCUT2D eigenvalue weighted by molar-refractivity contribution is -0.144. The second-order valence-corrected chi connectivity index (χ2v) is 5.87. The average Bonchev–Trinajstić information content (AvgIpc) is 3.11. The lowest BCUT2D eigenvalue weighted by Gasteiger charge is -2.36. The summed E-state index contributed by atoms with van der Waals surface area (Å²) < 4.78 is 9.63. The first kappa shape index (κ1) is 21.7. The number of carbonyl (C=O) groups excluding carboxylic acids is 1. The Morgan fingerprint density at radius 2 is 2.16 bits per heavy atom. The van der Waals surface area contributed by atoms with E-state index in [4.69, 9.17) is 9.26 Å². The molecule has 0 aromatic carbocycles. The Hall–Kier alpha value is -1.36. The van der Waals surface area contributed by atoms with Crippen molar-refractivity contribution in [3.8, 4) is 0 Å². The Morgan fingerprint density at radius 3 is 2.72 bits per heavy atom. The molecule has 0 spiro atoms. The van der Waals surface area contributed by atoms with Gasteiger partial charge in [0, 0.05) is 45.3 Å². The highest BCUT2D eigenvalue weighted by Crippen LogP contribution is 2.08. The van der Waals surface area contributed by atoms with Gasteiger partial charge in [0.2, 0.25) is 0 Å². The van der Waals surface area contributed by atoms with Crippen molar-refractivity contribution in [1.29, 1.82) is 0 Å². The average molecular weight is 465 g/mol. The fourth-order valence-corrected chi connectivity index (χ4v) is 2.59. The van der Waals surface area contributed by atoms with Gasteiger partial charge in [-0.15, -0.1) is 24.0 Å². The van der Waals surface area contributed by atoms with Crippen LogP contribution in [0.15, 0.2) is 21.8 Å². The van der Waals surface area contributed by atoms with E-state index < -0.39 is 0 Å². The second kappa shape index (κ2) is 11.3. The number of rotatable bonds is 6. The molecular weight excluding hydrogens is 437 g/mol. The van der Waals surface area contributed by atoms with Gasteiger partial charge in [-0.05, 0) is 6.92 Å². The lowest BCUT2D eigenvalue weighted by Crippen LogP contribution is -2.52. The van der Waals surface area contributed by atoms with E-state index in [1.165, 1.54) is 7.11 Å². The number of methoxy groups -OCH3 is 1. The van der Waals surface area contributed by atoms with Crippen molar-refractivity contribution in [3.63, 3.8) is 0 Å². The van der Waals surface area contributed by atoms with Crippen LogP contribution in [0, 0.1) is 5.92 Å². The zero-order valence-electron chi connectivity index (χ0n) is 15.1. The van der Waals surface area contributed by atoms with Crippen LogP contribution in [0.5, 0.6) is 0 Å². The Balaban J connectivity index is 0.00000312. The standard InChI is InChI=1S/C16H27N5O3.HI/c1-4-17-16(18-11-13(2)15(22)23-3)21-8-6-20(7-9-21)12-14-5-10-24-19-14;/h5,10,13H,4,6-9,11-12H2,1-3H3,(H,17,18);1H. The molecule has 1 aromatic rings. The van der Waals surface area contributed by atoms with E-state index in [2.05, 4.69) is 25.3 Å². The summed E-state index contributed by atoms with van der Waals surface area (Å²) in [5.74, 6) is 0.387. The zero-order chi connectivity index (χ0) is 17.4. The van der Waals surface area contributed by atoms with Crippen LogP contribution in [-0.2, 0) is 16.1 Å². The number of carbonyl (C=O) groups is 1. The van der Waals surface area contributed by atoms with Gasteiger partial charge in [-0.25, -0.2) is 0 Å². The minimum atomic E-state index is -0.239. The first-order chi connectivity index (χ1) is 11.6. The van der Waals surface area contributed by atoms with E-state index in [0.717, 1.165) is 50.9 Å². The predicted molar refractivity (Wildman–Crippen MR) is 106 cm³/mol. The van der Waals surface area contributed by atoms with Crippen molar-refractivity contribution in [2.24, 2.45) is 10.9 Å². The summed E-state index contributed by atoms with van der Waals surface area (Å²) in [6, 6.07) is 1.89. The largest absolute Gasteiger partial charge is 0.469 e. The van der Waals surface area contributed by atoms with Crippen LogP contribution in [-0.4, -0.2) is 73.3 Å². The van der Waals surface area contributed by atoms with E-state index in [0.29, 0.717) is 6.54 Å². The molecule has 1 fully saturated rings. The molecule has 0 aliphatic carbocycles. The van der Waals surface area contributed by atoms with Crippen LogP contribution in [0.3, 0.4) is 0 Å². The molecule has 0 saturated carbocycles. The minimum Gasteiger partial charge on any atom is -0.469 e. The molecule has 8 nitrogen and oxygen atoms in total. The highest BCUT2D eigenvalue weighted by Gasteiger charge is 2.21. The quantitative estimate of drug-likeness (QED) is 0.293. The fourth-order valence-electron chi connectivity index (χ4n) is 2.59. The van der Waals surface area contributed by atoms with Crippen molar-refractivity contribution in [2.75, 3.05) is 46.4 Å². The molecule has 0 bridgehead atoms. The van der Waals surface area contributed by atoms with Gasteiger partial charge >= 0.3 is 5.97 Å². The van der Waals surface area contributed by atoms with E-state index in [-0.39, 0.29) is 35.9 Å². The predicted octanol–water partition coefficient (Wildman–Crippen LogP) is 1.18. The molecule has 0 radical (unpaired) electrons. The van der Waals surface area contributed by atoms with Crippen molar-refractivity contribution < 1.29 is 14.1 Å². The molecule has 2 heterocycles. The second-order valence-electron chi connectivity index (χ2n) is 5.87. The third kappa shape index (κ3) is 6.81. The SMILES string of the molecule is CCNC(=NCC(C)C(=O)OC)N1CCN(Cc2ccon2)CC1.I. The summed E-state index contributed by atoms with van der Waals surface area (Å²) in [5, 5.41) is 7.26. The van der Waals surface area contributed by atoms with Gasteiger partial charge in [-0.3, -0.25) is 14.7 Å². The van der Waals surface area contributed by atoms with E-state index in [1.54, 1.807) is 6.26 Å². The number of aromatic nitrogens is 1. The van der Waals surface area contributed by atoms with Crippen LogP contribution < -0.4 is 5.32 Å².